The van der Waals surface area contributed by atoms with Crippen LogP contribution in [0, 0.1) is 0 Å². The van der Waals surface area contributed by atoms with E-state index in [1.165, 1.54) is 0 Å². The lowest BCUT2D eigenvalue weighted by Gasteiger charge is -1.88. The fraction of sp³-hybridized carbons (Fsp3) is 0.333. The predicted octanol–water partition coefficient (Wildman–Crippen LogP) is 0.576. The van der Waals surface area contributed by atoms with E-state index in [0.29, 0.717) is 24.7 Å². The molecule has 0 aliphatic rings. The van der Waals surface area contributed by atoms with Crippen LogP contribution in [0.3, 0.4) is 0 Å². The highest BCUT2D eigenvalue weighted by molar-refractivity contribution is 5.50. The van der Waals surface area contributed by atoms with E-state index in [0.717, 1.165) is 5.56 Å². The van der Waals surface area contributed by atoms with Crippen LogP contribution in [-0.2, 0) is 13.5 Å². The number of aryl methyl sites for hydroxylation is 1. The second-order valence-corrected chi connectivity index (χ2v) is 3.11. The van der Waals surface area contributed by atoms with Crippen molar-refractivity contribution in [2.45, 2.75) is 6.42 Å². The summed E-state index contributed by atoms with van der Waals surface area (Å²) in [6.07, 6.45) is 4.49. The standard InChI is InChI=1S/C9H12N4O/c1-13-5-3-7(6-13)9-12-11-8(14-9)2-4-10/h3,5-6H,2,4,10H2,1H3. The number of hydrogen-bond acceptors (Lipinski definition) is 4. The van der Waals surface area contributed by atoms with Gasteiger partial charge in [0, 0.05) is 32.4 Å². The van der Waals surface area contributed by atoms with Crippen LogP contribution in [0.1, 0.15) is 5.89 Å². The van der Waals surface area contributed by atoms with Gasteiger partial charge in [-0.15, -0.1) is 10.2 Å². The smallest absolute Gasteiger partial charge is 0.249 e. The molecule has 74 valence electrons. The molecule has 0 aromatic carbocycles. The first kappa shape index (κ1) is 8.96. The van der Waals surface area contributed by atoms with Crippen LogP contribution < -0.4 is 5.73 Å². The monoisotopic (exact) mass is 192 g/mol. The zero-order valence-corrected chi connectivity index (χ0v) is 7.97. The molecule has 0 spiro atoms. The van der Waals surface area contributed by atoms with Crippen molar-refractivity contribution in [3.05, 3.63) is 24.4 Å². The van der Waals surface area contributed by atoms with Crippen LogP contribution in [0.25, 0.3) is 11.5 Å². The van der Waals surface area contributed by atoms with Gasteiger partial charge in [0.1, 0.15) is 0 Å². The molecule has 5 nitrogen and oxygen atoms in total. The van der Waals surface area contributed by atoms with E-state index in [-0.39, 0.29) is 0 Å². The number of rotatable bonds is 3. The lowest BCUT2D eigenvalue weighted by molar-refractivity contribution is 0.507. The molecule has 0 fully saturated rings. The SMILES string of the molecule is Cn1ccc(-c2nnc(CCN)o2)c1. The average molecular weight is 192 g/mol. The minimum atomic E-state index is 0.524. The lowest BCUT2D eigenvalue weighted by Crippen LogP contribution is -2.02. The maximum Gasteiger partial charge on any atom is 0.249 e. The van der Waals surface area contributed by atoms with Crippen molar-refractivity contribution < 1.29 is 4.42 Å². The van der Waals surface area contributed by atoms with Crippen LogP contribution in [0.4, 0.5) is 0 Å². The van der Waals surface area contributed by atoms with Crippen LogP contribution in [0.5, 0.6) is 0 Å². The van der Waals surface area contributed by atoms with Gasteiger partial charge in [0.05, 0.1) is 5.56 Å². The summed E-state index contributed by atoms with van der Waals surface area (Å²) in [4.78, 5) is 0. The summed E-state index contributed by atoms with van der Waals surface area (Å²) in [6.45, 7) is 0.524. The molecule has 2 N–H and O–H groups in total. The average Bonchev–Trinajstić information content (AvgIpc) is 2.74. The molecular formula is C9H12N4O. The zero-order valence-electron chi connectivity index (χ0n) is 7.97. The van der Waals surface area contributed by atoms with Crippen molar-refractivity contribution in [2.24, 2.45) is 12.8 Å². The first-order valence-electron chi connectivity index (χ1n) is 4.44. The molecule has 0 saturated carbocycles. The largest absolute Gasteiger partial charge is 0.421 e. The number of nitrogens with two attached hydrogens (primary N) is 1. The molecule has 0 aliphatic heterocycles. The second kappa shape index (κ2) is 3.63. The van der Waals surface area contributed by atoms with Crippen molar-refractivity contribution in [3.63, 3.8) is 0 Å². The number of aromatic nitrogens is 3. The van der Waals surface area contributed by atoms with Gasteiger partial charge in [0.25, 0.3) is 0 Å². The molecule has 0 unspecified atom stereocenters. The van der Waals surface area contributed by atoms with Crippen LogP contribution in [0.15, 0.2) is 22.9 Å². The molecule has 2 rings (SSSR count). The van der Waals surface area contributed by atoms with Crippen molar-refractivity contribution in [1.29, 1.82) is 0 Å². The van der Waals surface area contributed by atoms with Gasteiger partial charge < -0.3 is 14.7 Å². The van der Waals surface area contributed by atoms with Crippen molar-refractivity contribution in [2.75, 3.05) is 6.54 Å². The summed E-state index contributed by atoms with van der Waals surface area (Å²) in [6, 6.07) is 1.93. The third-order valence-electron chi connectivity index (χ3n) is 1.90. The topological polar surface area (TPSA) is 69.9 Å². The molecule has 0 amide bonds. The Bertz CT molecular complexity index is 418. The molecule has 5 heteroatoms. The molecule has 2 aromatic rings. The lowest BCUT2D eigenvalue weighted by atomic mass is 10.3. The second-order valence-electron chi connectivity index (χ2n) is 3.11. The Morgan fingerprint density at radius 3 is 3.00 bits per heavy atom. The molecule has 0 bridgehead atoms. The molecule has 2 aromatic heterocycles. The van der Waals surface area contributed by atoms with Crippen LogP contribution >= 0.6 is 0 Å². The van der Waals surface area contributed by atoms with Crippen molar-refractivity contribution in [1.82, 2.24) is 14.8 Å². The van der Waals surface area contributed by atoms with Gasteiger partial charge in [-0.25, -0.2) is 0 Å². The highest BCUT2D eigenvalue weighted by Gasteiger charge is 2.08. The van der Waals surface area contributed by atoms with Crippen molar-refractivity contribution >= 4 is 0 Å². The Balaban J connectivity index is 2.24. The van der Waals surface area contributed by atoms with Crippen molar-refractivity contribution in [3.8, 4) is 11.5 Å². The van der Waals surface area contributed by atoms with Gasteiger partial charge in [-0.2, -0.15) is 0 Å². The van der Waals surface area contributed by atoms with E-state index in [1.807, 2.05) is 30.1 Å². The molecular weight excluding hydrogens is 180 g/mol. The summed E-state index contributed by atoms with van der Waals surface area (Å²) >= 11 is 0. The quantitative estimate of drug-likeness (QED) is 0.772. The van der Waals surface area contributed by atoms with Gasteiger partial charge in [-0.05, 0) is 6.07 Å². The van der Waals surface area contributed by atoms with E-state index >= 15 is 0 Å². The fourth-order valence-corrected chi connectivity index (χ4v) is 1.22. The van der Waals surface area contributed by atoms with Crippen LogP contribution in [0.2, 0.25) is 0 Å². The molecule has 14 heavy (non-hydrogen) atoms. The number of nitrogens with zero attached hydrogens (tertiary/aromatic N) is 3. The fourth-order valence-electron chi connectivity index (χ4n) is 1.22. The minimum absolute atomic E-state index is 0.524. The summed E-state index contributed by atoms with van der Waals surface area (Å²) in [5.74, 6) is 1.14. The van der Waals surface area contributed by atoms with E-state index in [2.05, 4.69) is 10.2 Å². The number of hydrogen-bond donors (Lipinski definition) is 1. The maximum atomic E-state index is 5.41. The maximum absolute atomic E-state index is 5.41. The summed E-state index contributed by atoms with van der Waals surface area (Å²) in [5, 5.41) is 7.82. The Morgan fingerprint density at radius 1 is 1.50 bits per heavy atom. The van der Waals surface area contributed by atoms with Gasteiger partial charge in [0.15, 0.2) is 0 Å². The van der Waals surface area contributed by atoms with Gasteiger partial charge >= 0.3 is 0 Å². The Morgan fingerprint density at radius 2 is 2.36 bits per heavy atom. The van der Waals surface area contributed by atoms with Gasteiger partial charge in [-0.1, -0.05) is 0 Å². The minimum Gasteiger partial charge on any atom is -0.421 e. The summed E-state index contributed by atoms with van der Waals surface area (Å²) in [7, 11) is 1.95. The first-order chi connectivity index (χ1) is 6.79. The van der Waals surface area contributed by atoms with Crippen LogP contribution in [-0.4, -0.2) is 21.3 Å². The Hall–Kier alpha value is -1.62. The summed E-state index contributed by atoms with van der Waals surface area (Å²) < 4.78 is 7.34. The van der Waals surface area contributed by atoms with E-state index in [4.69, 9.17) is 10.2 Å². The van der Waals surface area contributed by atoms with Gasteiger partial charge in [-0.3, -0.25) is 0 Å². The highest BCUT2D eigenvalue weighted by Crippen LogP contribution is 2.17. The van der Waals surface area contributed by atoms with Gasteiger partial charge in [0.2, 0.25) is 11.8 Å². The summed E-state index contributed by atoms with van der Waals surface area (Å²) in [5.41, 5.74) is 6.31. The first-order valence-corrected chi connectivity index (χ1v) is 4.44. The van der Waals surface area contributed by atoms with E-state index < -0.39 is 0 Å². The third kappa shape index (κ3) is 1.67. The Labute approximate surface area is 81.5 Å². The zero-order chi connectivity index (χ0) is 9.97. The Kier molecular flexibility index (Phi) is 2.32. The highest BCUT2D eigenvalue weighted by atomic mass is 16.4. The predicted molar refractivity (Wildman–Crippen MR) is 51.5 cm³/mol. The molecule has 2 heterocycles. The van der Waals surface area contributed by atoms with E-state index in [9.17, 15) is 0 Å². The van der Waals surface area contributed by atoms with E-state index in [1.54, 1.807) is 0 Å². The molecule has 0 saturated heterocycles. The molecule has 0 aliphatic carbocycles. The molecule has 0 atom stereocenters. The third-order valence-corrected chi connectivity index (χ3v) is 1.90. The molecule has 0 radical (unpaired) electrons. The normalized spacial score (nSPS) is 10.7.